The smallest absolute Gasteiger partial charge is 0.146 e. The molecule has 1 aromatic carbocycles. The van der Waals surface area contributed by atoms with E-state index in [1.807, 2.05) is 18.0 Å². The first-order valence-corrected chi connectivity index (χ1v) is 6.83. The summed E-state index contributed by atoms with van der Waals surface area (Å²) in [5, 5.41) is 3.33. The molecule has 3 nitrogen and oxygen atoms in total. The van der Waals surface area contributed by atoms with Gasteiger partial charge in [0.1, 0.15) is 5.82 Å². The number of benzene rings is 1. The van der Waals surface area contributed by atoms with Gasteiger partial charge in [-0.2, -0.15) is 0 Å². The molecular weight excluding hydrogens is 243 g/mol. The fraction of sp³-hybridized carbons (Fsp3) is 0.600. The Morgan fingerprint density at radius 3 is 2.79 bits per heavy atom. The lowest BCUT2D eigenvalue weighted by atomic mass is 10.0. The second kappa shape index (κ2) is 8.12. The lowest BCUT2D eigenvalue weighted by Gasteiger charge is -2.26. The molecule has 0 aromatic heterocycles. The van der Waals surface area contributed by atoms with Crippen molar-refractivity contribution in [3.8, 4) is 0 Å². The summed E-state index contributed by atoms with van der Waals surface area (Å²) >= 11 is 0. The van der Waals surface area contributed by atoms with Crippen LogP contribution < -0.4 is 10.2 Å². The Hall–Kier alpha value is -1.13. The van der Waals surface area contributed by atoms with Crippen molar-refractivity contribution in [2.45, 2.75) is 26.3 Å². The molecule has 0 aliphatic heterocycles. The zero-order chi connectivity index (χ0) is 14.3. The Balaban J connectivity index is 2.90. The van der Waals surface area contributed by atoms with Gasteiger partial charge < -0.3 is 15.0 Å². The number of nitrogens with zero attached hydrogens (tertiary/aromatic N) is 1. The lowest BCUT2D eigenvalue weighted by molar-refractivity contribution is 0.196. The molecule has 0 aliphatic rings. The number of ether oxygens (including phenoxy) is 1. The average Bonchev–Trinajstić information content (AvgIpc) is 2.38. The second-order valence-electron chi connectivity index (χ2n) is 4.72. The first kappa shape index (κ1) is 15.9. The molecule has 1 unspecified atom stereocenters. The van der Waals surface area contributed by atoms with Crippen molar-refractivity contribution in [3.63, 3.8) is 0 Å². The third kappa shape index (κ3) is 4.48. The fourth-order valence-electron chi connectivity index (χ4n) is 2.26. The molecule has 0 aliphatic carbocycles. The normalized spacial score (nSPS) is 12.5. The van der Waals surface area contributed by atoms with Gasteiger partial charge in [-0.05, 0) is 31.5 Å². The first-order valence-electron chi connectivity index (χ1n) is 6.83. The van der Waals surface area contributed by atoms with Gasteiger partial charge in [-0.1, -0.05) is 19.1 Å². The van der Waals surface area contributed by atoms with Gasteiger partial charge in [0.25, 0.3) is 0 Å². The minimum atomic E-state index is -0.165. The molecular formula is C15H25FN2O. The van der Waals surface area contributed by atoms with Crippen molar-refractivity contribution in [1.82, 2.24) is 5.32 Å². The lowest BCUT2D eigenvalue weighted by Crippen LogP contribution is -2.26. The molecule has 0 saturated carbocycles. The molecule has 1 rings (SSSR count). The van der Waals surface area contributed by atoms with Crippen LogP contribution in [0.5, 0.6) is 0 Å². The van der Waals surface area contributed by atoms with Crippen LogP contribution in [0.15, 0.2) is 18.2 Å². The molecule has 0 fully saturated rings. The number of methoxy groups -OCH3 is 1. The van der Waals surface area contributed by atoms with Crippen molar-refractivity contribution in [2.24, 2.45) is 0 Å². The van der Waals surface area contributed by atoms with Crippen LogP contribution in [0.1, 0.15) is 31.9 Å². The SMILES string of the molecule is CCNC(C)c1cccc(F)c1N(C)CCCOC. The number of halogens is 1. The van der Waals surface area contributed by atoms with Gasteiger partial charge in [0.2, 0.25) is 0 Å². The topological polar surface area (TPSA) is 24.5 Å². The highest BCUT2D eigenvalue weighted by atomic mass is 19.1. The zero-order valence-electron chi connectivity index (χ0n) is 12.4. The third-order valence-corrected chi connectivity index (χ3v) is 3.22. The Kier molecular flexibility index (Phi) is 6.81. The van der Waals surface area contributed by atoms with Crippen LogP contribution in [-0.2, 0) is 4.74 Å². The standard InChI is InChI=1S/C15H25FN2O/c1-5-17-12(2)13-8-6-9-14(16)15(13)18(3)10-7-11-19-4/h6,8-9,12,17H,5,7,10-11H2,1-4H3. The van der Waals surface area contributed by atoms with Crippen molar-refractivity contribution < 1.29 is 9.13 Å². The van der Waals surface area contributed by atoms with Crippen molar-refractivity contribution >= 4 is 5.69 Å². The van der Waals surface area contributed by atoms with E-state index in [4.69, 9.17) is 4.74 Å². The van der Waals surface area contributed by atoms with Gasteiger partial charge in [0.15, 0.2) is 0 Å². The molecule has 0 amide bonds. The Labute approximate surface area is 115 Å². The summed E-state index contributed by atoms with van der Waals surface area (Å²) in [5.41, 5.74) is 1.69. The summed E-state index contributed by atoms with van der Waals surface area (Å²) in [6, 6.07) is 5.41. The molecule has 0 bridgehead atoms. The zero-order valence-corrected chi connectivity index (χ0v) is 12.4. The van der Waals surface area contributed by atoms with Crippen molar-refractivity contribution in [2.75, 3.05) is 38.8 Å². The van der Waals surface area contributed by atoms with Crippen LogP contribution in [0.2, 0.25) is 0 Å². The molecule has 0 radical (unpaired) electrons. The van der Waals surface area contributed by atoms with Gasteiger partial charge in [-0.25, -0.2) is 4.39 Å². The van der Waals surface area contributed by atoms with Crippen LogP contribution in [0.3, 0.4) is 0 Å². The summed E-state index contributed by atoms with van der Waals surface area (Å²) < 4.78 is 19.2. The van der Waals surface area contributed by atoms with E-state index < -0.39 is 0 Å². The highest BCUT2D eigenvalue weighted by Crippen LogP contribution is 2.28. The van der Waals surface area contributed by atoms with E-state index in [0.29, 0.717) is 12.3 Å². The van der Waals surface area contributed by atoms with Crippen LogP contribution in [-0.4, -0.2) is 33.9 Å². The number of para-hydroxylation sites is 1. The molecule has 4 heteroatoms. The molecule has 108 valence electrons. The third-order valence-electron chi connectivity index (χ3n) is 3.22. The summed E-state index contributed by atoms with van der Waals surface area (Å²) in [7, 11) is 3.61. The second-order valence-corrected chi connectivity index (χ2v) is 4.72. The average molecular weight is 268 g/mol. The van der Waals surface area contributed by atoms with E-state index in [2.05, 4.69) is 19.2 Å². The highest BCUT2D eigenvalue weighted by molar-refractivity contribution is 5.55. The predicted octanol–water partition coefficient (Wildman–Crippen LogP) is 2.97. The van der Waals surface area contributed by atoms with Gasteiger partial charge in [0, 0.05) is 33.4 Å². The molecule has 0 saturated heterocycles. The Morgan fingerprint density at radius 1 is 1.42 bits per heavy atom. The maximum absolute atomic E-state index is 14.1. The van der Waals surface area contributed by atoms with E-state index in [1.165, 1.54) is 6.07 Å². The van der Waals surface area contributed by atoms with Crippen LogP contribution in [0, 0.1) is 5.82 Å². The molecule has 0 spiro atoms. The van der Waals surface area contributed by atoms with E-state index >= 15 is 0 Å². The van der Waals surface area contributed by atoms with E-state index in [1.54, 1.807) is 13.2 Å². The summed E-state index contributed by atoms with van der Waals surface area (Å²) in [4.78, 5) is 1.97. The maximum atomic E-state index is 14.1. The van der Waals surface area contributed by atoms with Gasteiger partial charge in [-0.3, -0.25) is 0 Å². The number of hydrogen-bond acceptors (Lipinski definition) is 3. The monoisotopic (exact) mass is 268 g/mol. The van der Waals surface area contributed by atoms with Gasteiger partial charge in [-0.15, -0.1) is 0 Å². The number of rotatable bonds is 8. The van der Waals surface area contributed by atoms with Crippen molar-refractivity contribution in [3.05, 3.63) is 29.6 Å². The van der Waals surface area contributed by atoms with Crippen LogP contribution in [0.25, 0.3) is 0 Å². The Morgan fingerprint density at radius 2 is 2.16 bits per heavy atom. The number of hydrogen-bond donors (Lipinski definition) is 1. The van der Waals surface area contributed by atoms with Gasteiger partial charge >= 0.3 is 0 Å². The summed E-state index contributed by atoms with van der Waals surface area (Å²) in [5.74, 6) is -0.165. The fourth-order valence-corrected chi connectivity index (χ4v) is 2.26. The molecule has 19 heavy (non-hydrogen) atoms. The minimum Gasteiger partial charge on any atom is -0.385 e. The number of nitrogens with one attached hydrogen (secondary N) is 1. The highest BCUT2D eigenvalue weighted by Gasteiger charge is 2.16. The largest absolute Gasteiger partial charge is 0.385 e. The van der Waals surface area contributed by atoms with E-state index in [9.17, 15) is 4.39 Å². The van der Waals surface area contributed by atoms with Crippen LogP contribution >= 0.6 is 0 Å². The van der Waals surface area contributed by atoms with E-state index in [0.717, 1.165) is 25.1 Å². The molecule has 0 heterocycles. The Bertz CT molecular complexity index is 384. The summed E-state index contributed by atoms with van der Waals surface area (Å²) in [6.45, 7) is 6.45. The first-order chi connectivity index (χ1) is 9.11. The molecule has 1 N–H and O–H groups in total. The van der Waals surface area contributed by atoms with E-state index in [-0.39, 0.29) is 11.9 Å². The quantitative estimate of drug-likeness (QED) is 0.734. The van der Waals surface area contributed by atoms with Crippen LogP contribution in [0.4, 0.5) is 10.1 Å². The predicted molar refractivity (Wildman–Crippen MR) is 78.3 cm³/mol. The summed E-state index contributed by atoms with van der Waals surface area (Å²) in [6.07, 6.45) is 0.885. The molecule has 1 atom stereocenters. The van der Waals surface area contributed by atoms with Gasteiger partial charge in [0.05, 0.1) is 5.69 Å². The van der Waals surface area contributed by atoms with Crippen molar-refractivity contribution in [1.29, 1.82) is 0 Å². The number of anilines is 1. The maximum Gasteiger partial charge on any atom is 0.146 e. The molecule has 1 aromatic rings. The minimum absolute atomic E-state index is 0.139.